The summed E-state index contributed by atoms with van der Waals surface area (Å²) in [6.07, 6.45) is 9.92. The van der Waals surface area contributed by atoms with Gasteiger partial charge in [-0.15, -0.1) is 0 Å². The highest BCUT2D eigenvalue weighted by molar-refractivity contribution is 5.83. The van der Waals surface area contributed by atoms with E-state index < -0.39 is 24.0 Å². The van der Waals surface area contributed by atoms with Crippen LogP contribution in [0.4, 0.5) is 0 Å². The Kier molecular flexibility index (Phi) is 12.7. The molecule has 0 aromatic carbocycles. The molecule has 2 N–H and O–H groups in total. The second kappa shape index (κ2) is 13.3. The number of hydrogen-bond acceptors (Lipinski definition) is 3. The topological polar surface area (TPSA) is 83.8 Å². The molecule has 0 aromatic heterocycles. The molecule has 1 atom stereocenters. The third-order valence-electron chi connectivity index (χ3n) is 4.14. The van der Waals surface area contributed by atoms with E-state index >= 15 is 0 Å². The van der Waals surface area contributed by atoms with Crippen molar-refractivity contribution in [1.29, 1.82) is 0 Å². The number of ether oxygens (including phenoxy) is 1. The summed E-state index contributed by atoms with van der Waals surface area (Å²) in [4.78, 5) is 22.7. The number of unbranched alkanes of at least 4 members (excludes halogenated alkanes) is 8. The van der Waals surface area contributed by atoms with Gasteiger partial charge >= 0.3 is 11.9 Å². The molecule has 0 aliphatic heterocycles. The molecular weight excluding hydrogens is 296 g/mol. The lowest BCUT2D eigenvalue weighted by Crippen LogP contribution is -2.44. The third-order valence-corrected chi connectivity index (χ3v) is 4.14. The molecule has 0 bridgehead atoms. The maximum absolute atomic E-state index is 11.7. The van der Waals surface area contributed by atoms with Crippen molar-refractivity contribution in [1.82, 2.24) is 0 Å². The van der Waals surface area contributed by atoms with Crippen LogP contribution >= 0.6 is 0 Å². The van der Waals surface area contributed by atoms with Crippen molar-refractivity contribution in [2.45, 2.75) is 96.5 Å². The minimum atomic E-state index is -1.57. The van der Waals surface area contributed by atoms with Crippen molar-refractivity contribution < 1.29 is 24.5 Å². The first-order valence-electron chi connectivity index (χ1n) is 9.07. The van der Waals surface area contributed by atoms with Crippen LogP contribution in [0, 0.1) is 0 Å². The fraction of sp³-hybridized carbons (Fsp3) is 0.889. The minimum absolute atomic E-state index is 0.272. The standard InChI is InChI=1S/C18H34O5/c1-3-5-7-9-10-11-13-18(17(21)22,15-16(19)20)23-14-12-8-6-4-2/h3-15H2,1-2H3,(H,19,20)(H,21,22). The highest BCUT2D eigenvalue weighted by atomic mass is 16.5. The first-order valence-corrected chi connectivity index (χ1v) is 9.07. The lowest BCUT2D eigenvalue weighted by atomic mass is 9.91. The normalized spacial score (nSPS) is 13.7. The highest BCUT2D eigenvalue weighted by Gasteiger charge is 2.41. The fourth-order valence-electron chi connectivity index (χ4n) is 2.69. The van der Waals surface area contributed by atoms with Gasteiger partial charge in [0.1, 0.15) is 0 Å². The summed E-state index contributed by atoms with van der Waals surface area (Å²) < 4.78 is 5.60. The van der Waals surface area contributed by atoms with Crippen molar-refractivity contribution in [3.8, 4) is 0 Å². The van der Waals surface area contributed by atoms with E-state index in [-0.39, 0.29) is 6.42 Å². The Morgan fingerprint density at radius 1 is 0.826 bits per heavy atom. The molecule has 1 unspecified atom stereocenters. The smallest absolute Gasteiger partial charge is 0.336 e. The Morgan fingerprint density at radius 2 is 1.35 bits per heavy atom. The summed E-state index contributed by atoms with van der Waals surface area (Å²) >= 11 is 0. The number of carboxylic acids is 2. The van der Waals surface area contributed by atoms with Crippen LogP contribution in [-0.4, -0.2) is 34.4 Å². The Morgan fingerprint density at radius 3 is 1.87 bits per heavy atom. The molecule has 0 aromatic rings. The fourth-order valence-corrected chi connectivity index (χ4v) is 2.69. The Bertz CT molecular complexity index is 329. The van der Waals surface area contributed by atoms with E-state index in [2.05, 4.69) is 13.8 Å². The third kappa shape index (κ3) is 10.3. The predicted molar refractivity (Wildman–Crippen MR) is 90.7 cm³/mol. The quantitative estimate of drug-likeness (QED) is 0.403. The highest BCUT2D eigenvalue weighted by Crippen LogP contribution is 2.26. The lowest BCUT2D eigenvalue weighted by Gasteiger charge is -2.28. The number of rotatable bonds is 16. The van der Waals surface area contributed by atoms with Crippen LogP contribution in [0.3, 0.4) is 0 Å². The molecule has 5 nitrogen and oxygen atoms in total. The molecule has 0 aliphatic carbocycles. The van der Waals surface area contributed by atoms with E-state index in [9.17, 15) is 14.7 Å². The molecule has 0 radical (unpaired) electrons. The zero-order valence-electron chi connectivity index (χ0n) is 14.8. The second-order valence-electron chi connectivity index (χ2n) is 6.30. The summed E-state index contributed by atoms with van der Waals surface area (Å²) in [6.45, 7) is 4.56. The van der Waals surface area contributed by atoms with E-state index in [1.807, 2.05) is 0 Å². The molecular formula is C18H34O5. The zero-order valence-corrected chi connectivity index (χ0v) is 14.8. The molecule has 0 heterocycles. The van der Waals surface area contributed by atoms with Crippen LogP contribution in [0.15, 0.2) is 0 Å². The molecule has 0 fully saturated rings. The molecule has 5 heteroatoms. The van der Waals surface area contributed by atoms with Crippen LogP contribution in [0.1, 0.15) is 90.9 Å². The van der Waals surface area contributed by atoms with Crippen LogP contribution < -0.4 is 0 Å². The summed E-state index contributed by atoms with van der Waals surface area (Å²) in [5.74, 6) is -2.27. The molecule has 0 rings (SSSR count). The first-order chi connectivity index (χ1) is 11.0. The van der Waals surface area contributed by atoms with Gasteiger partial charge in [-0.05, 0) is 19.3 Å². The zero-order chi connectivity index (χ0) is 17.6. The molecule has 0 spiro atoms. The Balaban J connectivity index is 4.44. The number of carbonyl (C=O) groups is 2. The number of aliphatic carboxylic acids is 2. The van der Waals surface area contributed by atoms with Gasteiger partial charge in [-0.25, -0.2) is 4.79 Å². The van der Waals surface area contributed by atoms with E-state index in [0.29, 0.717) is 13.0 Å². The number of carboxylic acid groups (broad SMARTS) is 2. The van der Waals surface area contributed by atoms with Gasteiger partial charge in [-0.3, -0.25) is 4.79 Å². The van der Waals surface area contributed by atoms with Crippen molar-refractivity contribution in [2.24, 2.45) is 0 Å². The number of hydrogen-bond donors (Lipinski definition) is 2. The van der Waals surface area contributed by atoms with Gasteiger partial charge in [0.15, 0.2) is 5.60 Å². The average Bonchev–Trinajstić information content (AvgIpc) is 2.49. The van der Waals surface area contributed by atoms with Crippen molar-refractivity contribution in [3.63, 3.8) is 0 Å². The summed E-state index contributed by atoms with van der Waals surface area (Å²) in [6, 6.07) is 0. The maximum atomic E-state index is 11.7. The van der Waals surface area contributed by atoms with E-state index in [4.69, 9.17) is 9.84 Å². The van der Waals surface area contributed by atoms with Crippen LogP contribution in [0.2, 0.25) is 0 Å². The van der Waals surface area contributed by atoms with Crippen molar-refractivity contribution in [3.05, 3.63) is 0 Å². The summed E-state index contributed by atoms with van der Waals surface area (Å²) in [5, 5.41) is 18.6. The monoisotopic (exact) mass is 330 g/mol. The molecule has 136 valence electrons. The van der Waals surface area contributed by atoms with E-state index in [1.165, 1.54) is 12.8 Å². The molecule has 0 saturated heterocycles. The first kappa shape index (κ1) is 21.9. The summed E-state index contributed by atoms with van der Waals surface area (Å²) in [7, 11) is 0. The molecule has 0 amide bonds. The van der Waals surface area contributed by atoms with Crippen molar-refractivity contribution >= 4 is 11.9 Å². The van der Waals surface area contributed by atoms with Gasteiger partial charge in [-0.2, -0.15) is 0 Å². The largest absolute Gasteiger partial charge is 0.481 e. The van der Waals surface area contributed by atoms with Gasteiger partial charge in [0.2, 0.25) is 0 Å². The Labute approximate surface area is 140 Å². The van der Waals surface area contributed by atoms with Gasteiger partial charge in [0.25, 0.3) is 0 Å². The molecule has 23 heavy (non-hydrogen) atoms. The summed E-state index contributed by atoms with van der Waals surface area (Å²) in [5.41, 5.74) is -1.57. The predicted octanol–water partition coefficient (Wildman–Crippen LogP) is 4.63. The molecule has 0 saturated carbocycles. The average molecular weight is 330 g/mol. The van der Waals surface area contributed by atoms with Gasteiger partial charge in [0.05, 0.1) is 6.42 Å². The second-order valence-corrected chi connectivity index (χ2v) is 6.30. The van der Waals surface area contributed by atoms with Crippen molar-refractivity contribution in [2.75, 3.05) is 6.61 Å². The van der Waals surface area contributed by atoms with Gasteiger partial charge in [0, 0.05) is 6.61 Å². The van der Waals surface area contributed by atoms with Crippen LogP contribution in [0.5, 0.6) is 0 Å². The molecule has 0 aliphatic rings. The van der Waals surface area contributed by atoms with Gasteiger partial charge < -0.3 is 14.9 Å². The van der Waals surface area contributed by atoms with E-state index in [0.717, 1.165) is 44.9 Å². The minimum Gasteiger partial charge on any atom is -0.481 e. The van der Waals surface area contributed by atoms with E-state index in [1.54, 1.807) is 0 Å². The Hall–Kier alpha value is -1.10. The van der Waals surface area contributed by atoms with Crippen LogP contribution in [0.25, 0.3) is 0 Å². The van der Waals surface area contributed by atoms with Crippen LogP contribution in [-0.2, 0) is 14.3 Å². The SMILES string of the molecule is CCCCCCCCC(CC(=O)O)(OCCCCCC)C(=O)O. The lowest BCUT2D eigenvalue weighted by molar-refractivity contribution is -0.174. The maximum Gasteiger partial charge on any atom is 0.336 e. The van der Waals surface area contributed by atoms with Gasteiger partial charge in [-0.1, -0.05) is 65.2 Å².